The van der Waals surface area contributed by atoms with Crippen molar-refractivity contribution < 1.29 is 14.6 Å². The number of rotatable bonds is 3. The third kappa shape index (κ3) is 1.93. The molecule has 0 aromatic rings. The van der Waals surface area contributed by atoms with Gasteiger partial charge in [0.05, 0.1) is 5.92 Å². The molecule has 3 nitrogen and oxygen atoms in total. The van der Waals surface area contributed by atoms with Gasteiger partial charge >= 0.3 is 5.97 Å². The Morgan fingerprint density at radius 2 is 2.36 bits per heavy atom. The molecule has 64 valence electrons. The molecule has 1 saturated carbocycles. The molecule has 1 aliphatic carbocycles. The Labute approximate surface area is 66.4 Å². The van der Waals surface area contributed by atoms with Crippen LogP contribution in [0.3, 0.4) is 0 Å². The van der Waals surface area contributed by atoms with Gasteiger partial charge in [0.2, 0.25) is 0 Å². The van der Waals surface area contributed by atoms with Crippen molar-refractivity contribution in [2.45, 2.75) is 19.3 Å². The highest BCUT2D eigenvalue weighted by molar-refractivity contribution is 5.70. The Morgan fingerprint density at radius 1 is 1.64 bits per heavy atom. The topological polar surface area (TPSA) is 46.5 Å². The lowest BCUT2D eigenvalue weighted by molar-refractivity contribution is -0.143. The SMILES string of the molecule is COC[C@H]1CCC[C@@H]1C(=O)O. The number of hydrogen-bond acceptors (Lipinski definition) is 2. The third-order valence-corrected chi connectivity index (χ3v) is 2.36. The Hall–Kier alpha value is -0.570. The van der Waals surface area contributed by atoms with Crippen LogP contribution in [0.2, 0.25) is 0 Å². The fourth-order valence-electron chi connectivity index (χ4n) is 1.78. The number of carboxylic acid groups (broad SMARTS) is 1. The number of hydrogen-bond donors (Lipinski definition) is 1. The first-order valence-electron chi connectivity index (χ1n) is 3.97. The van der Waals surface area contributed by atoms with Crippen LogP contribution in [-0.4, -0.2) is 24.8 Å². The van der Waals surface area contributed by atoms with Crippen LogP contribution in [0.1, 0.15) is 19.3 Å². The van der Waals surface area contributed by atoms with Crippen LogP contribution in [0.5, 0.6) is 0 Å². The molecule has 0 aliphatic heterocycles. The summed E-state index contributed by atoms with van der Waals surface area (Å²) >= 11 is 0. The van der Waals surface area contributed by atoms with Crippen LogP contribution in [0.25, 0.3) is 0 Å². The summed E-state index contributed by atoms with van der Waals surface area (Å²) in [5.41, 5.74) is 0. The molecule has 1 fully saturated rings. The first kappa shape index (κ1) is 8.53. The predicted molar refractivity (Wildman–Crippen MR) is 40.3 cm³/mol. The number of ether oxygens (including phenoxy) is 1. The van der Waals surface area contributed by atoms with E-state index >= 15 is 0 Å². The highest BCUT2D eigenvalue weighted by atomic mass is 16.5. The second-order valence-electron chi connectivity index (χ2n) is 3.09. The number of aliphatic carboxylic acids is 1. The maximum absolute atomic E-state index is 10.6. The molecule has 0 spiro atoms. The van der Waals surface area contributed by atoms with E-state index < -0.39 is 5.97 Å². The summed E-state index contributed by atoms with van der Waals surface area (Å²) in [6, 6.07) is 0. The van der Waals surface area contributed by atoms with Crippen LogP contribution < -0.4 is 0 Å². The summed E-state index contributed by atoms with van der Waals surface area (Å²) in [4.78, 5) is 10.6. The molecule has 0 heterocycles. The fourth-order valence-corrected chi connectivity index (χ4v) is 1.78. The first-order chi connectivity index (χ1) is 5.25. The summed E-state index contributed by atoms with van der Waals surface area (Å²) in [5, 5.41) is 8.75. The largest absolute Gasteiger partial charge is 0.481 e. The van der Waals surface area contributed by atoms with Gasteiger partial charge in [-0.1, -0.05) is 6.42 Å². The van der Waals surface area contributed by atoms with Gasteiger partial charge in [-0.05, 0) is 18.8 Å². The van der Waals surface area contributed by atoms with Gasteiger partial charge in [0.1, 0.15) is 0 Å². The van der Waals surface area contributed by atoms with Crippen LogP contribution in [0.15, 0.2) is 0 Å². The molecule has 0 aromatic heterocycles. The van der Waals surface area contributed by atoms with E-state index in [2.05, 4.69) is 0 Å². The van der Waals surface area contributed by atoms with Gasteiger partial charge in [-0.25, -0.2) is 0 Å². The Kier molecular flexibility index (Phi) is 2.88. The molecule has 2 atom stereocenters. The van der Waals surface area contributed by atoms with E-state index in [9.17, 15) is 4.79 Å². The monoisotopic (exact) mass is 158 g/mol. The van der Waals surface area contributed by atoms with Crippen molar-refractivity contribution in [1.82, 2.24) is 0 Å². The van der Waals surface area contributed by atoms with Gasteiger partial charge in [0.25, 0.3) is 0 Å². The summed E-state index contributed by atoms with van der Waals surface area (Å²) in [6.45, 7) is 0.594. The lowest BCUT2D eigenvalue weighted by Crippen LogP contribution is -2.21. The average Bonchev–Trinajstić information content (AvgIpc) is 2.36. The van der Waals surface area contributed by atoms with Crippen LogP contribution in [0.4, 0.5) is 0 Å². The summed E-state index contributed by atoms with van der Waals surface area (Å²) in [7, 11) is 1.62. The van der Waals surface area contributed by atoms with E-state index in [0.29, 0.717) is 6.61 Å². The second kappa shape index (κ2) is 3.72. The maximum atomic E-state index is 10.6. The van der Waals surface area contributed by atoms with Gasteiger partial charge in [-0.15, -0.1) is 0 Å². The highest BCUT2D eigenvalue weighted by Gasteiger charge is 2.32. The number of carboxylic acids is 1. The maximum Gasteiger partial charge on any atom is 0.306 e. The first-order valence-corrected chi connectivity index (χ1v) is 3.97. The van der Waals surface area contributed by atoms with Crippen molar-refractivity contribution in [3.63, 3.8) is 0 Å². The zero-order valence-corrected chi connectivity index (χ0v) is 6.75. The van der Waals surface area contributed by atoms with Crippen molar-refractivity contribution >= 4 is 5.97 Å². The normalized spacial score (nSPS) is 30.6. The molecule has 3 heteroatoms. The van der Waals surface area contributed by atoms with Gasteiger partial charge in [0, 0.05) is 13.7 Å². The lowest BCUT2D eigenvalue weighted by Gasteiger charge is -2.13. The van der Waals surface area contributed by atoms with Gasteiger partial charge in [0.15, 0.2) is 0 Å². The summed E-state index contributed by atoms with van der Waals surface area (Å²) < 4.78 is 4.94. The zero-order chi connectivity index (χ0) is 8.27. The molecule has 1 rings (SSSR count). The minimum absolute atomic E-state index is 0.157. The molecule has 11 heavy (non-hydrogen) atoms. The van der Waals surface area contributed by atoms with Crippen molar-refractivity contribution in [3.8, 4) is 0 Å². The number of methoxy groups -OCH3 is 1. The van der Waals surface area contributed by atoms with E-state index in [1.54, 1.807) is 7.11 Å². The molecule has 0 amide bonds. The number of carbonyl (C=O) groups is 1. The van der Waals surface area contributed by atoms with E-state index in [0.717, 1.165) is 19.3 Å². The molecule has 1 N–H and O–H groups in total. The zero-order valence-electron chi connectivity index (χ0n) is 6.75. The van der Waals surface area contributed by atoms with E-state index in [4.69, 9.17) is 9.84 Å². The lowest BCUT2D eigenvalue weighted by atomic mass is 9.97. The van der Waals surface area contributed by atoms with E-state index in [1.807, 2.05) is 0 Å². The molecular formula is C8H14O3. The molecule has 0 saturated heterocycles. The molecule has 0 bridgehead atoms. The second-order valence-corrected chi connectivity index (χ2v) is 3.09. The minimum Gasteiger partial charge on any atom is -0.481 e. The van der Waals surface area contributed by atoms with Crippen LogP contribution in [-0.2, 0) is 9.53 Å². The molecule has 0 aromatic carbocycles. The van der Waals surface area contributed by atoms with Gasteiger partial charge in [-0.2, -0.15) is 0 Å². The van der Waals surface area contributed by atoms with Crippen molar-refractivity contribution in [1.29, 1.82) is 0 Å². The quantitative estimate of drug-likeness (QED) is 0.669. The highest BCUT2D eigenvalue weighted by Crippen LogP contribution is 2.31. The minimum atomic E-state index is -0.662. The third-order valence-electron chi connectivity index (χ3n) is 2.36. The average molecular weight is 158 g/mol. The summed E-state index contributed by atoms with van der Waals surface area (Å²) in [6.07, 6.45) is 2.86. The van der Waals surface area contributed by atoms with Crippen LogP contribution >= 0.6 is 0 Å². The van der Waals surface area contributed by atoms with Gasteiger partial charge in [-0.3, -0.25) is 4.79 Å². The Bertz CT molecular complexity index is 144. The molecule has 1 aliphatic rings. The summed E-state index contributed by atoms with van der Waals surface area (Å²) in [5.74, 6) is -0.572. The van der Waals surface area contributed by atoms with Crippen LogP contribution in [0, 0.1) is 11.8 Å². The Morgan fingerprint density at radius 3 is 2.91 bits per heavy atom. The molecule has 0 unspecified atom stereocenters. The Balaban J connectivity index is 2.44. The van der Waals surface area contributed by atoms with Crippen molar-refractivity contribution in [2.24, 2.45) is 11.8 Å². The fraction of sp³-hybridized carbons (Fsp3) is 0.875. The molecular weight excluding hydrogens is 144 g/mol. The van der Waals surface area contributed by atoms with Crippen molar-refractivity contribution in [3.05, 3.63) is 0 Å². The van der Waals surface area contributed by atoms with Gasteiger partial charge < -0.3 is 9.84 Å². The standard InChI is InChI=1S/C8H14O3/c1-11-5-6-3-2-4-7(6)8(9)10/h6-7H,2-5H2,1H3,(H,9,10)/t6-,7+/m1/s1. The van der Waals surface area contributed by atoms with Crippen molar-refractivity contribution in [2.75, 3.05) is 13.7 Å². The predicted octanol–water partition coefficient (Wildman–Crippen LogP) is 1.13. The van der Waals surface area contributed by atoms with E-state index in [-0.39, 0.29) is 11.8 Å². The van der Waals surface area contributed by atoms with E-state index in [1.165, 1.54) is 0 Å². The smallest absolute Gasteiger partial charge is 0.306 e. The molecule has 0 radical (unpaired) electrons.